The standard InChI is InChI=1S/C14H13ClOS/c1-8-4-9(2)6-11(5-8)13(16)14-12(15)10(3)7-17-14/h4-7H,1-3H3. The molecule has 2 aromatic rings. The van der Waals surface area contributed by atoms with Crippen molar-refractivity contribution in [2.75, 3.05) is 0 Å². The molecule has 0 atom stereocenters. The van der Waals surface area contributed by atoms with Crippen molar-refractivity contribution in [1.29, 1.82) is 0 Å². The number of halogens is 1. The van der Waals surface area contributed by atoms with Gasteiger partial charge in [-0.3, -0.25) is 4.79 Å². The third-order valence-electron chi connectivity index (χ3n) is 2.59. The van der Waals surface area contributed by atoms with Gasteiger partial charge in [0, 0.05) is 5.56 Å². The lowest BCUT2D eigenvalue weighted by Gasteiger charge is -2.03. The van der Waals surface area contributed by atoms with Gasteiger partial charge in [-0.1, -0.05) is 28.8 Å². The molecule has 0 amide bonds. The lowest BCUT2D eigenvalue weighted by molar-refractivity contribution is 0.104. The monoisotopic (exact) mass is 264 g/mol. The van der Waals surface area contributed by atoms with Crippen LogP contribution in [0.5, 0.6) is 0 Å². The van der Waals surface area contributed by atoms with Crippen molar-refractivity contribution in [3.8, 4) is 0 Å². The first-order valence-electron chi connectivity index (χ1n) is 5.35. The van der Waals surface area contributed by atoms with Crippen molar-refractivity contribution in [3.63, 3.8) is 0 Å². The van der Waals surface area contributed by atoms with E-state index in [1.165, 1.54) is 11.3 Å². The van der Waals surface area contributed by atoms with Crippen LogP contribution in [0.4, 0.5) is 0 Å². The van der Waals surface area contributed by atoms with Gasteiger partial charge >= 0.3 is 0 Å². The summed E-state index contributed by atoms with van der Waals surface area (Å²) in [7, 11) is 0. The van der Waals surface area contributed by atoms with E-state index in [4.69, 9.17) is 11.6 Å². The Bertz CT molecular complexity index is 564. The van der Waals surface area contributed by atoms with Crippen LogP contribution in [0.2, 0.25) is 5.02 Å². The van der Waals surface area contributed by atoms with Crippen LogP contribution in [0.1, 0.15) is 31.9 Å². The molecule has 0 spiro atoms. The molecular weight excluding hydrogens is 252 g/mol. The first-order chi connectivity index (χ1) is 7.99. The van der Waals surface area contributed by atoms with Crippen LogP contribution in [0.15, 0.2) is 23.6 Å². The number of carbonyl (C=O) groups is 1. The third-order valence-corrected chi connectivity index (χ3v) is 4.28. The number of carbonyl (C=O) groups excluding carboxylic acids is 1. The molecule has 0 N–H and O–H groups in total. The van der Waals surface area contributed by atoms with Crippen LogP contribution in [0, 0.1) is 20.8 Å². The van der Waals surface area contributed by atoms with Crippen LogP contribution < -0.4 is 0 Å². The number of hydrogen-bond donors (Lipinski definition) is 0. The molecule has 0 aliphatic rings. The highest BCUT2D eigenvalue weighted by molar-refractivity contribution is 7.13. The normalized spacial score (nSPS) is 10.6. The molecule has 0 unspecified atom stereocenters. The summed E-state index contributed by atoms with van der Waals surface area (Å²) < 4.78 is 0. The molecule has 0 aliphatic heterocycles. The summed E-state index contributed by atoms with van der Waals surface area (Å²) in [5.74, 6) is 0.0138. The van der Waals surface area contributed by atoms with Gasteiger partial charge in [0.25, 0.3) is 0 Å². The highest BCUT2D eigenvalue weighted by Crippen LogP contribution is 2.29. The van der Waals surface area contributed by atoms with E-state index in [-0.39, 0.29) is 5.78 Å². The molecule has 0 radical (unpaired) electrons. The minimum atomic E-state index is 0.0138. The molecule has 1 nitrogen and oxygen atoms in total. The molecular formula is C14H13ClOS. The molecule has 1 heterocycles. The zero-order valence-corrected chi connectivity index (χ0v) is 11.6. The second-order valence-corrected chi connectivity index (χ2v) is 5.52. The third kappa shape index (κ3) is 2.43. The van der Waals surface area contributed by atoms with E-state index >= 15 is 0 Å². The van der Waals surface area contributed by atoms with Crippen molar-refractivity contribution >= 4 is 28.7 Å². The second-order valence-electron chi connectivity index (χ2n) is 4.27. The van der Waals surface area contributed by atoms with E-state index in [0.717, 1.165) is 16.7 Å². The van der Waals surface area contributed by atoms with Gasteiger partial charge in [-0.15, -0.1) is 11.3 Å². The van der Waals surface area contributed by atoms with E-state index in [0.29, 0.717) is 15.5 Å². The Morgan fingerprint density at radius 1 is 1.12 bits per heavy atom. The van der Waals surface area contributed by atoms with Crippen LogP contribution in [-0.2, 0) is 0 Å². The summed E-state index contributed by atoms with van der Waals surface area (Å²) in [5, 5.41) is 2.50. The van der Waals surface area contributed by atoms with Gasteiger partial charge in [0.2, 0.25) is 5.78 Å². The number of hydrogen-bond acceptors (Lipinski definition) is 2. The molecule has 0 fully saturated rings. The maximum absolute atomic E-state index is 12.3. The zero-order chi connectivity index (χ0) is 12.6. The van der Waals surface area contributed by atoms with Crippen molar-refractivity contribution < 1.29 is 4.79 Å². The minimum absolute atomic E-state index is 0.0138. The molecule has 0 bridgehead atoms. The van der Waals surface area contributed by atoms with Crippen molar-refractivity contribution in [1.82, 2.24) is 0 Å². The van der Waals surface area contributed by atoms with Crippen molar-refractivity contribution in [2.45, 2.75) is 20.8 Å². The Balaban J connectivity index is 2.47. The Kier molecular flexibility index (Phi) is 3.36. The zero-order valence-electron chi connectivity index (χ0n) is 10.0. The van der Waals surface area contributed by atoms with Crippen LogP contribution in [-0.4, -0.2) is 5.78 Å². The van der Waals surface area contributed by atoms with Crippen molar-refractivity contribution in [2.24, 2.45) is 0 Å². The molecule has 3 heteroatoms. The minimum Gasteiger partial charge on any atom is -0.288 e. The van der Waals surface area contributed by atoms with Gasteiger partial charge in [-0.25, -0.2) is 0 Å². The van der Waals surface area contributed by atoms with Crippen LogP contribution in [0.3, 0.4) is 0 Å². The molecule has 88 valence electrons. The fraction of sp³-hybridized carbons (Fsp3) is 0.214. The fourth-order valence-electron chi connectivity index (χ4n) is 1.82. The predicted molar refractivity (Wildman–Crippen MR) is 73.4 cm³/mol. The molecule has 0 aliphatic carbocycles. The van der Waals surface area contributed by atoms with Gasteiger partial charge < -0.3 is 0 Å². The van der Waals surface area contributed by atoms with Gasteiger partial charge in [0.1, 0.15) is 0 Å². The van der Waals surface area contributed by atoms with E-state index < -0.39 is 0 Å². The average Bonchev–Trinajstić information content (AvgIpc) is 2.57. The number of thiophene rings is 1. The molecule has 2 rings (SSSR count). The topological polar surface area (TPSA) is 17.1 Å². The Morgan fingerprint density at radius 3 is 2.18 bits per heavy atom. The maximum Gasteiger partial charge on any atom is 0.204 e. The molecule has 0 saturated carbocycles. The lowest BCUT2D eigenvalue weighted by atomic mass is 10.0. The van der Waals surface area contributed by atoms with Gasteiger partial charge in [0.15, 0.2) is 0 Å². The number of benzene rings is 1. The Morgan fingerprint density at radius 2 is 1.71 bits per heavy atom. The summed E-state index contributed by atoms with van der Waals surface area (Å²) >= 11 is 7.53. The number of rotatable bonds is 2. The average molecular weight is 265 g/mol. The highest BCUT2D eigenvalue weighted by Gasteiger charge is 2.16. The summed E-state index contributed by atoms with van der Waals surface area (Å²) in [6.07, 6.45) is 0. The highest BCUT2D eigenvalue weighted by atomic mass is 35.5. The van der Waals surface area contributed by atoms with Gasteiger partial charge in [0.05, 0.1) is 9.90 Å². The molecule has 1 aromatic carbocycles. The Hall–Kier alpha value is -1.12. The van der Waals surface area contributed by atoms with E-state index in [2.05, 4.69) is 6.07 Å². The fourth-order valence-corrected chi connectivity index (χ4v) is 3.06. The van der Waals surface area contributed by atoms with Crippen LogP contribution in [0.25, 0.3) is 0 Å². The number of aryl methyl sites for hydroxylation is 3. The first kappa shape index (κ1) is 12.3. The SMILES string of the molecule is Cc1cc(C)cc(C(=O)c2scc(C)c2Cl)c1. The lowest BCUT2D eigenvalue weighted by Crippen LogP contribution is -2.00. The van der Waals surface area contributed by atoms with Crippen molar-refractivity contribution in [3.05, 3.63) is 55.7 Å². The van der Waals surface area contributed by atoms with E-state index in [1.54, 1.807) is 0 Å². The van der Waals surface area contributed by atoms with E-state index in [9.17, 15) is 4.79 Å². The maximum atomic E-state index is 12.3. The van der Waals surface area contributed by atoms with Gasteiger partial charge in [-0.2, -0.15) is 0 Å². The Labute approximate surface area is 110 Å². The quantitative estimate of drug-likeness (QED) is 0.727. The second kappa shape index (κ2) is 4.63. The summed E-state index contributed by atoms with van der Waals surface area (Å²) in [5.41, 5.74) is 3.87. The molecule has 1 aromatic heterocycles. The summed E-state index contributed by atoms with van der Waals surface area (Å²) in [4.78, 5) is 12.9. The summed E-state index contributed by atoms with van der Waals surface area (Å²) in [6.45, 7) is 5.90. The van der Waals surface area contributed by atoms with Gasteiger partial charge in [-0.05, 0) is 43.8 Å². The first-order valence-corrected chi connectivity index (χ1v) is 6.61. The summed E-state index contributed by atoms with van der Waals surface area (Å²) in [6, 6.07) is 5.86. The molecule has 0 saturated heterocycles. The van der Waals surface area contributed by atoms with Crippen LogP contribution >= 0.6 is 22.9 Å². The predicted octanol–water partition coefficient (Wildman–Crippen LogP) is 4.56. The molecule has 17 heavy (non-hydrogen) atoms. The largest absolute Gasteiger partial charge is 0.288 e. The van der Waals surface area contributed by atoms with E-state index in [1.807, 2.05) is 38.3 Å². The smallest absolute Gasteiger partial charge is 0.204 e. The number of ketones is 1.